The summed E-state index contributed by atoms with van der Waals surface area (Å²) in [5, 5.41) is 6.82. The number of aromatic nitrogens is 1. The van der Waals surface area contributed by atoms with E-state index in [1.807, 2.05) is 6.07 Å². The van der Waals surface area contributed by atoms with Gasteiger partial charge < -0.3 is 27.0 Å². The number of fused-ring (bicyclic) bond motifs is 4. The molecule has 1 fully saturated rings. The maximum Gasteiger partial charge on any atom is 0.0937 e. The summed E-state index contributed by atoms with van der Waals surface area (Å²) in [6.07, 6.45) is 5.87. The van der Waals surface area contributed by atoms with E-state index in [0.29, 0.717) is 5.89 Å². The number of oxazole rings is 1. The number of nitrogens with zero attached hydrogens (tertiary/aromatic N) is 1. The van der Waals surface area contributed by atoms with Crippen LogP contribution in [0.5, 0.6) is 0 Å². The Labute approximate surface area is 170 Å². The summed E-state index contributed by atoms with van der Waals surface area (Å²) in [4.78, 5) is 4.33. The number of rotatable bonds is 0. The summed E-state index contributed by atoms with van der Waals surface area (Å²) in [7, 11) is 0. The fraction of sp³-hybridized carbons (Fsp3) is 0.375. The van der Waals surface area contributed by atoms with Gasteiger partial charge in [-0.2, -0.15) is 6.07 Å². The van der Waals surface area contributed by atoms with E-state index in [0.717, 1.165) is 41.0 Å². The van der Waals surface area contributed by atoms with Crippen molar-refractivity contribution in [2.24, 2.45) is 0 Å². The summed E-state index contributed by atoms with van der Waals surface area (Å²) < 4.78 is 5.78. The molecule has 0 amide bonds. The third-order valence-corrected chi connectivity index (χ3v) is 4.38. The minimum Gasteiger partial charge on any atom is -0.498 e. The van der Waals surface area contributed by atoms with Crippen LogP contribution in [-0.2, 0) is 59.3 Å². The van der Waals surface area contributed by atoms with Gasteiger partial charge in [0.25, 0.3) is 0 Å². The van der Waals surface area contributed by atoms with Gasteiger partial charge in [0, 0.05) is 65.2 Å². The quantitative estimate of drug-likeness (QED) is 0.504. The summed E-state index contributed by atoms with van der Waals surface area (Å²) >= 11 is 0. The number of hydrogen-bond donors (Lipinski definition) is 2. The molecule has 2 aromatic rings. The first-order valence-corrected chi connectivity index (χ1v) is 7.10. The summed E-state index contributed by atoms with van der Waals surface area (Å²) in [6, 6.07) is 5.14. The molecule has 0 unspecified atom stereocenters. The van der Waals surface area contributed by atoms with Crippen LogP contribution in [0, 0.1) is 13.0 Å². The van der Waals surface area contributed by atoms with Crippen molar-refractivity contribution in [3.05, 3.63) is 42.9 Å². The van der Waals surface area contributed by atoms with Crippen molar-refractivity contribution in [1.29, 1.82) is 0 Å². The largest absolute Gasteiger partial charge is 0.498 e. The van der Waals surface area contributed by atoms with Crippen LogP contribution in [0.1, 0.15) is 43.6 Å². The Morgan fingerprint density at radius 2 is 2.05 bits per heavy atom. The molecule has 22 heavy (non-hydrogen) atoms. The van der Waals surface area contributed by atoms with E-state index in [-0.39, 0.29) is 59.3 Å². The molecule has 1 aliphatic heterocycles. The van der Waals surface area contributed by atoms with E-state index in [9.17, 15) is 0 Å². The average Bonchev–Trinajstić information content (AvgIpc) is 2.79. The van der Waals surface area contributed by atoms with Crippen molar-refractivity contribution in [3.8, 4) is 0 Å². The van der Waals surface area contributed by atoms with E-state index in [2.05, 4.69) is 35.2 Å². The topological polar surface area (TPSA) is 50.1 Å². The van der Waals surface area contributed by atoms with Gasteiger partial charge in [0.2, 0.25) is 0 Å². The third-order valence-electron chi connectivity index (χ3n) is 4.38. The molecule has 4 nitrogen and oxygen atoms in total. The monoisotopic (exact) mass is 540 g/mol. The molecule has 1 aromatic heterocycles. The molecule has 0 atom stereocenters. The zero-order valence-electron chi connectivity index (χ0n) is 12.4. The van der Waals surface area contributed by atoms with Gasteiger partial charge in [0.15, 0.2) is 0 Å². The number of anilines is 1. The normalized spacial score (nSPS) is 18.6. The minimum absolute atomic E-state index is 0. The fourth-order valence-corrected chi connectivity index (χ4v) is 3.60. The van der Waals surface area contributed by atoms with Gasteiger partial charge in [0.05, 0.1) is 11.4 Å². The van der Waals surface area contributed by atoms with Crippen molar-refractivity contribution in [2.75, 3.05) is 5.32 Å². The second-order valence-corrected chi connectivity index (χ2v) is 5.73. The van der Waals surface area contributed by atoms with Crippen LogP contribution >= 0.6 is 0 Å². The van der Waals surface area contributed by atoms with E-state index in [4.69, 9.17) is 4.42 Å². The summed E-state index contributed by atoms with van der Waals surface area (Å²) in [5.74, 6) is 1.29. The minimum atomic E-state index is -0.0993. The van der Waals surface area contributed by atoms with E-state index in [1.165, 1.54) is 19.3 Å². The van der Waals surface area contributed by atoms with Gasteiger partial charge in [0.1, 0.15) is 0 Å². The molecule has 2 heterocycles. The van der Waals surface area contributed by atoms with Gasteiger partial charge in [-0.15, -0.1) is 6.07 Å². The van der Waals surface area contributed by atoms with Crippen LogP contribution in [0.2, 0.25) is 0 Å². The Morgan fingerprint density at radius 1 is 1.32 bits per heavy atom. The van der Waals surface area contributed by atoms with Crippen LogP contribution in [0.4, 0.5) is 5.69 Å². The number of benzene rings is 1. The van der Waals surface area contributed by atoms with E-state index >= 15 is 0 Å². The maximum absolute atomic E-state index is 5.78. The Balaban J connectivity index is 0.000000882. The van der Waals surface area contributed by atoms with Gasteiger partial charge in [-0.3, -0.25) is 0 Å². The standard InChI is InChI=1S/C16H17N3O.W.Y/c1-10-17-12-6-7-13-15(20-11(2)18-13)14(12)16(19-10)8-4-3-5-9-16;;/h7,17,19H,1-5,8-9H2;;/q-2;;. The van der Waals surface area contributed by atoms with E-state index < -0.39 is 0 Å². The molecule has 0 saturated heterocycles. The summed E-state index contributed by atoms with van der Waals surface area (Å²) in [6.45, 7) is 7.85. The van der Waals surface area contributed by atoms with Crippen LogP contribution in [-0.4, -0.2) is 4.98 Å². The van der Waals surface area contributed by atoms with Crippen LogP contribution < -0.4 is 10.6 Å². The molecule has 1 saturated carbocycles. The first-order chi connectivity index (χ1) is 9.68. The Morgan fingerprint density at radius 3 is 2.77 bits per heavy atom. The smallest absolute Gasteiger partial charge is 0.0937 e. The predicted octanol–water partition coefficient (Wildman–Crippen LogP) is 3.45. The molecule has 1 aromatic carbocycles. The van der Waals surface area contributed by atoms with E-state index in [1.54, 1.807) is 0 Å². The van der Waals surface area contributed by atoms with Gasteiger partial charge >= 0.3 is 0 Å². The Hall–Kier alpha value is -0.308. The maximum atomic E-state index is 5.78. The van der Waals surface area contributed by atoms with Crippen molar-refractivity contribution in [2.45, 2.75) is 37.6 Å². The predicted molar refractivity (Wildman–Crippen MR) is 78.0 cm³/mol. The number of nitrogens with one attached hydrogen (secondary N) is 2. The van der Waals surface area contributed by atoms with Crippen molar-refractivity contribution >= 4 is 16.8 Å². The molecule has 113 valence electrons. The molecule has 2 aliphatic rings. The molecule has 1 radical (unpaired) electrons. The first-order valence-electron chi connectivity index (χ1n) is 7.10. The molecular formula is C16H17N3OWY-2. The average molecular weight is 540 g/mol. The van der Waals surface area contributed by atoms with Crippen LogP contribution in [0.25, 0.3) is 11.1 Å². The Kier molecular flexibility index (Phi) is 5.47. The van der Waals surface area contributed by atoms with Crippen molar-refractivity contribution in [3.63, 3.8) is 0 Å². The fourth-order valence-electron chi connectivity index (χ4n) is 3.60. The first kappa shape index (κ1) is 18.0. The molecule has 0 bridgehead atoms. The van der Waals surface area contributed by atoms with Crippen LogP contribution in [0.3, 0.4) is 0 Å². The second kappa shape index (κ2) is 6.67. The molecule has 1 aliphatic carbocycles. The van der Waals surface area contributed by atoms with Crippen LogP contribution in [0.15, 0.2) is 22.9 Å². The number of hydrogen-bond acceptors (Lipinski definition) is 4. The second-order valence-electron chi connectivity index (χ2n) is 5.73. The van der Waals surface area contributed by atoms with Crippen molar-refractivity contribution < 1.29 is 58.2 Å². The van der Waals surface area contributed by atoms with Crippen molar-refractivity contribution in [1.82, 2.24) is 10.3 Å². The molecular weight excluding hydrogens is 523 g/mol. The zero-order valence-corrected chi connectivity index (χ0v) is 18.1. The SMILES string of the molecule is C=C1Nc2[c-]cc3nc([CH2-])oc3c2C2(CCCCC2)N1.[W].[Y]. The Bertz CT molecular complexity index is 707. The van der Waals surface area contributed by atoms with Gasteiger partial charge in [-0.1, -0.05) is 37.1 Å². The summed E-state index contributed by atoms with van der Waals surface area (Å²) in [5.41, 5.74) is 3.66. The molecule has 6 heteroatoms. The molecule has 1 spiro atoms. The molecule has 2 N–H and O–H groups in total. The zero-order chi connectivity index (χ0) is 13.7. The van der Waals surface area contributed by atoms with Gasteiger partial charge in [-0.05, 0) is 18.4 Å². The third kappa shape index (κ3) is 2.79. The van der Waals surface area contributed by atoms with Gasteiger partial charge in [-0.25, -0.2) is 0 Å². The molecule has 4 rings (SSSR count).